The molecule has 12 heteroatoms. The van der Waals surface area contributed by atoms with E-state index in [0.717, 1.165) is 18.3 Å². The van der Waals surface area contributed by atoms with E-state index in [2.05, 4.69) is 25.4 Å². The molecule has 0 aliphatic heterocycles. The maximum atomic E-state index is 14.9. The third-order valence-corrected chi connectivity index (χ3v) is 6.16. The minimum Gasteiger partial charge on any atom is -0.494 e. The first-order chi connectivity index (χ1) is 19.9. The molecule has 41 heavy (non-hydrogen) atoms. The van der Waals surface area contributed by atoms with E-state index in [4.69, 9.17) is 14.6 Å². The van der Waals surface area contributed by atoms with E-state index in [1.807, 2.05) is 0 Å². The molecule has 3 aromatic heterocycles. The van der Waals surface area contributed by atoms with Crippen LogP contribution in [0.4, 0.5) is 24.7 Å². The van der Waals surface area contributed by atoms with Crippen LogP contribution >= 0.6 is 0 Å². The van der Waals surface area contributed by atoms with E-state index in [0.29, 0.717) is 28.7 Å². The van der Waals surface area contributed by atoms with Crippen LogP contribution in [-0.4, -0.2) is 49.7 Å². The lowest BCUT2D eigenvalue weighted by molar-refractivity contribution is 0.233. The van der Waals surface area contributed by atoms with Crippen molar-refractivity contribution in [3.8, 4) is 23.0 Å². The lowest BCUT2D eigenvalue weighted by atomic mass is 10.1. The van der Waals surface area contributed by atoms with Gasteiger partial charge in [-0.05, 0) is 26.0 Å². The second kappa shape index (κ2) is 12.2. The molecular formula is C29H27F3N6O3. The molecule has 5 rings (SSSR count). The first-order valence-electron chi connectivity index (χ1n) is 12.9. The number of aryl methyl sites for hydroxylation is 1. The van der Waals surface area contributed by atoms with E-state index in [-0.39, 0.29) is 60.8 Å². The molecule has 5 aromatic rings. The molecule has 9 nitrogen and oxygen atoms in total. The maximum Gasteiger partial charge on any atom is 0.183 e. The van der Waals surface area contributed by atoms with E-state index in [1.54, 1.807) is 38.1 Å². The van der Waals surface area contributed by atoms with Gasteiger partial charge in [0.05, 0.1) is 43.4 Å². The van der Waals surface area contributed by atoms with Crippen molar-refractivity contribution >= 4 is 22.4 Å². The fraction of sp³-hybridized carbons (Fsp3) is 0.241. The fourth-order valence-corrected chi connectivity index (χ4v) is 4.24. The van der Waals surface area contributed by atoms with E-state index in [9.17, 15) is 13.2 Å². The van der Waals surface area contributed by atoms with Gasteiger partial charge in [0.2, 0.25) is 0 Å². The van der Waals surface area contributed by atoms with Crippen molar-refractivity contribution < 1.29 is 27.8 Å². The van der Waals surface area contributed by atoms with Gasteiger partial charge in [0.25, 0.3) is 0 Å². The van der Waals surface area contributed by atoms with Gasteiger partial charge in [-0.3, -0.25) is 9.67 Å². The molecule has 0 saturated carbocycles. The second-order valence-electron chi connectivity index (χ2n) is 9.08. The molecule has 0 spiro atoms. The number of hydrogen-bond acceptors (Lipinski definition) is 8. The number of ether oxygens (including phenoxy) is 2. The Hall–Kier alpha value is -4.71. The van der Waals surface area contributed by atoms with E-state index in [1.165, 1.54) is 16.9 Å². The Morgan fingerprint density at radius 3 is 2.51 bits per heavy atom. The smallest absolute Gasteiger partial charge is 0.183 e. The zero-order valence-corrected chi connectivity index (χ0v) is 22.4. The number of aromatic nitrogens is 5. The summed E-state index contributed by atoms with van der Waals surface area (Å²) < 4.78 is 56.8. The first-order valence-corrected chi connectivity index (χ1v) is 12.9. The quantitative estimate of drug-likeness (QED) is 0.201. The van der Waals surface area contributed by atoms with Gasteiger partial charge in [0.1, 0.15) is 23.1 Å². The molecule has 0 radical (unpaired) electrons. The zero-order chi connectivity index (χ0) is 28.9. The summed E-state index contributed by atoms with van der Waals surface area (Å²) >= 11 is 0. The van der Waals surface area contributed by atoms with Crippen LogP contribution in [0.25, 0.3) is 22.4 Å². The number of benzene rings is 2. The lowest BCUT2D eigenvalue weighted by Crippen LogP contribution is -2.08. The van der Waals surface area contributed by atoms with Gasteiger partial charge in [-0.1, -0.05) is 18.2 Å². The Morgan fingerprint density at radius 1 is 0.976 bits per heavy atom. The largest absolute Gasteiger partial charge is 0.494 e. The highest BCUT2D eigenvalue weighted by atomic mass is 19.1. The third kappa shape index (κ3) is 6.07. The highest BCUT2D eigenvalue weighted by molar-refractivity contribution is 5.92. The molecule has 2 N–H and O–H groups in total. The van der Waals surface area contributed by atoms with Crippen LogP contribution in [0.3, 0.4) is 0 Å². The van der Waals surface area contributed by atoms with Gasteiger partial charge in [0, 0.05) is 41.8 Å². The minimum atomic E-state index is -0.753. The van der Waals surface area contributed by atoms with Gasteiger partial charge in [-0.2, -0.15) is 5.10 Å². The highest BCUT2D eigenvalue weighted by Gasteiger charge is 2.20. The average molecular weight is 565 g/mol. The third-order valence-electron chi connectivity index (χ3n) is 6.16. The normalized spacial score (nSPS) is 11.2. The molecule has 0 bridgehead atoms. The maximum absolute atomic E-state index is 14.9. The topological polar surface area (TPSA) is 107 Å². The SMILES string of the molecule is CCOc1cc(F)c(Cn2nc(-c3ncc(OCCCO)c(Nc4cc(C)ncc4F)n3)c3ccccc32)c(F)c1. The summed E-state index contributed by atoms with van der Waals surface area (Å²) in [7, 11) is 0. The Morgan fingerprint density at radius 2 is 1.76 bits per heavy atom. The van der Waals surface area contributed by atoms with Crippen LogP contribution in [0.1, 0.15) is 24.6 Å². The molecular weight excluding hydrogens is 537 g/mol. The van der Waals surface area contributed by atoms with Crippen molar-refractivity contribution in [2.24, 2.45) is 0 Å². The predicted molar refractivity (Wildman–Crippen MR) is 147 cm³/mol. The standard InChI is InChI=1S/C29H27F3N6O3/c1-3-40-18-12-21(30)20(22(31)13-18)16-38-25-8-5-4-7-19(25)27(37-38)29-34-15-26(41-10-6-9-39)28(36-29)35-24-11-17(2)33-14-23(24)32/h4-5,7-8,11-15,39H,3,6,9-10,16H2,1-2H3,(H,33,34,35,36). The number of anilines is 2. The summed E-state index contributed by atoms with van der Waals surface area (Å²) in [5.74, 6) is -1.42. The minimum absolute atomic E-state index is 0.0706. The fourth-order valence-electron chi connectivity index (χ4n) is 4.24. The molecule has 2 aromatic carbocycles. The summed E-state index contributed by atoms with van der Waals surface area (Å²) in [6.07, 6.45) is 2.89. The molecule has 212 valence electrons. The summed E-state index contributed by atoms with van der Waals surface area (Å²) in [5.41, 5.74) is 1.50. The van der Waals surface area contributed by atoms with Crippen LogP contribution in [0.15, 0.2) is 54.9 Å². The number of rotatable bonds is 11. The number of halogens is 3. The predicted octanol–water partition coefficient (Wildman–Crippen LogP) is 5.57. The van der Waals surface area contributed by atoms with Crippen molar-refractivity contribution in [3.63, 3.8) is 0 Å². The second-order valence-corrected chi connectivity index (χ2v) is 9.08. The van der Waals surface area contributed by atoms with Crippen LogP contribution in [-0.2, 0) is 6.54 Å². The van der Waals surface area contributed by atoms with Gasteiger partial charge in [-0.15, -0.1) is 0 Å². The Balaban J connectivity index is 1.56. The van der Waals surface area contributed by atoms with Crippen LogP contribution in [0.5, 0.6) is 11.5 Å². The molecule has 3 heterocycles. The first kappa shape index (κ1) is 27.8. The number of aliphatic hydroxyl groups is 1. The molecule has 0 aliphatic rings. The molecule has 0 amide bonds. The molecule has 0 aliphatic carbocycles. The summed E-state index contributed by atoms with van der Waals surface area (Å²) in [5, 5.41) is 17.4. The molecule has 0 unspecified atom stereocenters. The van der Waals surface area contributed by atoms with Crippen LogP contribution in [0.2, 0.25) is 0 Å². The van der Waals surface area contributed by atoms with Crippen LogP contribution < -0.4 is 14.8 Å². The zero-order valence-electron chi connectivity index (χ0n) is 22.4. The molecule has 0 atom stereocenters. The number of aliphatic hydroxyl groups excluding tert-OH is 1. The Labute approximate surface area is 233 Å². The summed E-state index contributed by atoms with van der Waals surface area (Å²) in [4.78, 5) is 13.0. The van der Waals surface area contributed by atoms with Gasteiger partial charge >= 0.3 is 0 Å². The number of nitrogens with one attached hydrogen (secondary N) is 1. The number of fused-ring (bicyclic) bond motifs is 1. The van der Waals surface area contributed by atoms with Gasteiger partial charge in [-0.25, -0.2) is 23.1 Å². The number of pyridine rings is 1. The van der Waals surface area contributed by atoms with Gasteiger partial charge < -0.3 is 19.9 Å². The van der Waals surface area contributed by atoms with Crippen molar-refractivity contribution in [1.82, 2.24) is 24.7 Å². The Bertz CT molecular complexity index is 1670. The van der Waals surface area contributed by atoms with Crippen molar-refractivity contribution in [2.45, 2.75) is 26.8 Å². The lowest BCUT2D eigenvalue weighted by Gasteiger charge is -2.13. The number of nitrogens with zero attached hydrogens (tertiary/aromatic N) is 5. The number of hydrogen-bond donors (Lipinski definition) is 2. The summed E-state index contributed by atoms with van der Waals surface area (Å²) in [6.45, 7) is 3.65. The van der Waals surface area contributed by atoms with Crippen molar-refractivity contribution in [1.29, 1.82) is 0 Å². The van der Waals surface area contributed by atoms with Crippen molar-refractivity contribution in [2.75, 3.05) is 25.1 Å². The Kier molecular flexibility index (Phi) is 8.29. The number of para-hydroxylation sites is 1. The van der Waals surface area contributed by atoms with Crippen LogP contribution in [0, 0.1) is 24.4 Å². The van der Waals surface area contributed by atoms with E-state index >= 15 is 0 Å². The molecule has 0 saturated heterocycles. The van der Waals surface area contributed by atoms with Gasteiger partial charge in [0.15, 0.2) is 23.2 Å². The highest BCUT2D eigenvalue weighted by Crippen LogP contribution is 2.32. The molecule has 0 fully saturated rings. The summed E-state index contributed by atoms with van der Waals surface area (Å²) in [6, 6.07) is 11.0. The van der Waals surface area contributed by atoms with E-state index < -0.39 is 17.5 Å². The average Bonchev–Trinajstić information content (AvgIpc) is 3.32. The van der Waals surface area contributed by atoms with Crippen molar-refractivity contribution in [3.05, 3.63) is 83.6 Å². The monoisotopic (exact) mass is 564 g/mol.